The fraction of sp³-hybridized carbons (Fsp3) is 0.250. The molecule has 0 fully saturated rings. The Bertz CT molecular complexity index is 586. The Hall–Kier alpha value is -1.19. The van der Waals surface area contributed by atoms with E-state index in [9.17, 15) is 0 Å². The lowest BCUT2D eigenvalue weighted by atomic mass is 10.0. The first-order valence-corrected chi connectivity index (χ1v) is 7.48. The van der Waals surface area contributed by atoms with Gasteiger partial charge in [0.15, 0.2) is 0 Å². The van der Waals surface area contributed by atoms with Gasteiger partial charge in [-0.05, 0) is 35.7 Å². The lowest BCUT2D eigenvalue weighted by molar-refractivity contribution is 0.409. The Morgan fingerprint density at radius 2 is 1.85 bits per heavy atom. The van der Waals surface area contributed by atoms with Gasteiger partial charge in [0.2, 0.25) is 0 Å². The average molecular weight is 356 g/mol. The maximum Gasteiger partial charge on any atom is 0.122 e. The number of rotatable bonds is 5. The summed E-state index contributed by atoms with van der Waals surface area (Å²) in [5.41, 5.74) is 2.14. The van der Waals surface area contributed by atoms with E-state index < -0.39 is 0 Å². The predicted octanol–water partition coefficient (Wildman–Crippen LogP) is 4.99. The molecule has 2 aromatic carbocycles. The molecule has 20 heavy (non-hydrogen) atoms. The summed E-state index contributed by atoms with van der Waals surface area (Å²) < 4.78 is 11.5. The smallest absolute Gasteiger partial charge is 0.122 e. The highest BCUT2D eigenvalue weighted by molar-refractivity contribution is 9.10. The van der Waals surface area contributed by atoms with Gasteiger partial charge >= 0.3 is 0 Å². The summed E-state index contributed by atoms with van der Waals surface area (Å²) in [6.07, 6.45) is 0.705. The van der Waals surface area contributed by atoms with Crippen LogP contribution in [-0.4, -0.2) is 14.2 Å². The molecule has 4 heteroatoms. The third-order valence-corrected chi connectivity index (χ3v) is 4.21. The minimum Gasteiger partial charge on any atom is -0.497 e. The van der Waals surface area contributed by atoms with E-state index in [-0.39, 0.29) is 5.38 Å². The molecule has 1 unspecified atom stereocenters. The van der Waals surface area contributed by atoms with Gasteiger partial charge in [-0.3, -0.25) is 0 Å². The maximum absolute atomic E-state index is 6.54. The normalized spacial score (nSPS) is 12.0. The zero-order valence-corrected chi connectivity index (χ0v) is 13.7. The zero-order valence-electron chi connectivity index (χ0n) is 11.4. The third kappa shape index (κ3) is 3.47. The van der Waals surface area contributed by atoms with Crippen LogP contribution in [0.25, 0.3) is 0 Å². The number of alkyl halides is 1. The minimum absolute atomic E-state index is 0.133. The molecular weight excluding hydrogens is 340 g/mol. The van der Waals surface area contributed by atoms with Gasteiger partial charge in [-0.15, -0.1) is 11.6 Å². The largest absolute Gasteiger partial charge is 0.497 e. The van der Waals surface area contributed by atoms with E-state index in [1.54, 1.807) is 14.2 Å². The lowest BCUT2D eigenvalue weighted by Crippen LogP contribution is -1.99. The van der Waals surface area contributed by atoms with Crippen LogP contribution in [0.3, 0.4) is 0 Å². The van der Waals surface area contributed by atoms with Gasteiger partial charge in [-0.2, -0.15) is 0 Å². The van der Waals surface area contributed by atoms with Gasteiger partial charge < -0.3 is 9.47 Å². The van der Waals surface area contributed by atoms with Crippen LogP contribution >= 0.6 is 27.5 Å². The second kappa shape index (κ2) is 7.00. The van der Waals surface area contributed by atoms with Crippen molar-refractivity contribution in [3.63, 3.8) is 0 Å². The molecule has 0 saturated carbocycles. The van der Waals surface area contributed by atoms with Crippen LogP contribution in [0.1, 0.15) is 16.5 Å². The van der Waals surface area contributed by atoms with Crippen molar-refractivity contribution in [2.75, 3.05) is 14.2 Å². The van der Waals surface area contributed by atoms with E-state index >= 15 is 0 Å². The highest BCUT2D eigenvalue weighted by atomic mass is 79.9. The van der Waals surface area contributed by atoms with Crippen LogP contribution in [-0.2, 0) is 6.42 Å². The summed E-state index contributed by atoms with van der Waals surface area (Å²) in [4.78, 5) is 0. The van der Waals surface area contributed by atoms with Crippen molar-refractivity contribution in [2.24, 2.45) is 0 Å². The van der Waals surface area contributed by atoms with E-state index in [0.717, 1.165) is 27.1 Å². The molecule has 0 radical (unpaired) electrons. The second-order valence-corrected chi connectivity index (χ2v) is 5.75. The molecule has 1 atom stereocenters. The molecule has 0 saturated heterocycles. The van der Waals surface area contributed by atoms with E-state index in [1.165, 1.54) is 0 Å². The first-order chi connectivity index (χ1) is 9.65. The van der Waals surface area contributed by atoms with Crippen LogP contribution in [0.2, 0.25) is 0 Å². The Kier molecular flexibility index (Phi) is 5.32. The van der Waals surface area contributed by atoms with Crippen LogP contribution in [0, 0.1) is 0 Å². The van der Waals surface area contributed by atoms with E-state index in [4.69, 9.17) is 21.1 Å². The Morgan fingerprint density at radius 1 is 1.10 bits per heavy atom. The average Bonchev–Trinajstić information content (AvgIpc) is 2.47. The molecule has 0 aliphatic heterocycles. The first-order valence-electron chi connectivity index (χ1n) is 6.25. The van der Waals surface area contributed by atoms with E-state index in [1.807, 2.05) is 42.5 Å². The van der Waals surface area contributed by atoms with Crippen molar-refractivity contribution in [3.05, 3.63) is 58.1 Å². The molecular formula is C16H16BrClO2. The molecule has 2 rings (SSSR count). The number of methoxy groups -OCH3 is 2. The predicted molar refractivity (Wildman–Crippen MR) is 86.0 cm³/mol. The van der Waals surface area contributed by atoms with Crippen LogP contribution in [0.4, 0.5) is 0 Å². The fourth-order valence-corrected chi connectivity index (χ4v) is 3.19. The van der Waals surface area contributed by atoms with Crippen molar-refractivity contribution in [3.8, 4) is 11.5 Å². The van der Waals surface area contributed by atoms with Gasteiger partial charge in [-0.25, -0.2) is 0 Å². The number of para-hydroxylation sites is 1. The van der Waals surface area contributed by atoms with Crippen LogP contribution < -0.4 is 9.47 Å². The Morgan fingerprint density at radius 3 is 2.50 bits per heavy atom. The van der Waals surface area contributed by atoms with Crippen LogP contribution in [0.15, 0.2) is 46.9 Å². The lowest BCUT2D eigenvalue weighted by Gasteiger charge is -2.15. The number of ether oxygens (including phenoxy) is 2. The monoisotopic (exact) mass is 354 g/mol. The number of benzene rings is 2. The number of halogens is 2. The standard InChI is InChI=1S/C16H16BrClO2/c1-19-12-7-8-13(14(17)10-12)15(18)9-11-5-3-4-6-16(11)20-2/h3-8,10,15H,9H2,1-2H3. The topological polar surface area (TPSA) is 18.5 Å². The SMILES string of the molecule is COc1ccc(C(Cl)Cc2ccccc2OC)c(Br)c1. The Balaban J connectivity index is 2.21. The molecule has 2 aromatic rings. The quantitative estimate of drug-likeness (QED) is 0.704. The molecule has 0 aliphatic rings. The number of hydrogen-bond donors (Lipinski definition) is 0. The number of hydrogen-bond acceptors (Lipinski definition) is 2. The summed E-state index contributed by atoms with van der Waals surface area (Å²) in [5, 5.41) is -0.133. The molecule has 0 spiro atoms. The molecule has 106 valence electrons. The van der Waals surface area contributed by atoms with Gasteiger partial charge in [0.1, 0.15) is 11.5 Å². The molecule has 0 aliphatic carbocycles. The summed E-state index contributed by atoms with van der Waals surface area (Å²) in [7, 11) is 3.32. The van der Waals surface area contributed by atoms with Crippen molar-refractivity contribution < 1.29 is 9.47 Å². The molecule has 0 N–H and O–H groups in total. The van der Waals surface area contributed by atoms with E-state index in [0.29, 0.717) is 6.42 Å². The second-order valence-electron chi connectivity index (χ2n) is 4.37. The Labute approximate surface area is 132 Å². The molecule has 2 nitrogen and oxygen atoms in total. The van der Waals surface area contributed by atoms with Gasteiger partial charge in [-0.1, -0.05) is 40.2 Å². The highest BCUT2D eigenvalue weighted by Gasteiger charge is 2.15. The molecule has 0 bridgehead atoms. The van der Waals surface area contributed by atoms with Gasteiger partial charge in [0.05, 0.1) is 19.6 Å². The maximum atomic E-state index is 6.54. The zero-order chi connectivity index (χ0) is 14.5. The van der Waals surface area contributed by atoms with E-state index in [2.05, 4.69) is 15.9 Å². The van der Waals surface area contributed by atoms with Crippen molar-refractivity contribution in [1.82, 2.24) is 0 Å². The van der Waals surface area contributed by atoms with Gasteiger partial charge in [0.25, 0.3) is 0 Å². The summed E-state index contributed by atoms with van der Waals surface area (Å²) in [6.45, 7) is 0. The summed E-state index contributed by atoms with van der Waals surface area (Å²) in [6, 6.07) is 13.7. The van der Waals surface area contributed by atoms with Crippen molar-refractivity contribution in [1.29, 1.82) is 0 Å². The highest BCUT2D eigenvalue weighted by Crippen LogP contribution is 2.35. The molecule has 0 amide bonds. The summed E-state index contributed by atoms with van der Waals surface area (Å²) >= 11 is 10.1. The van der Waals surface area contributed by atoms with Crippen LogP contribution in [0.5, 0.6) is 11.5 Å². The third-order valence-electron chi connectivity index (χ3n) is 3.14. The van der Waals surface area contributed by atoms with Crippen molar-refractivity contribution >= 4 is 27.5 Å². The van der Waals surface area contributed by atoms with Gasteiger partial charge in [0, 0.05) is 4.47 Å². The summed E-state index contributed by atoms with van der Waals surface area (Å²) in [5.74, 6) is 1.67. The van der Waals surface area contributed by atoms with Crippen molar-refractivity contribution in [2.45, 2.75) is 11.8 Å². The fourth-order valence-electron chi connectivity index (χ4n) is 2.06. The molecule has 0 aromatic heterocycles. The first kappa shape index (κ1) is 15.2. The molecule has 0 heterocycles. The minimum atomic E-state index is -0.133.